The number of aromatic nitrogens is 2. The van der Waals surface area contributed by atoms with Gasteiger partial charge in [-0.1, -0.05) is 17.7 Å². The summed E-state index contributed by atoms with van der Waals surface area (Å²) in [6.07, 6.45) is 12.1. The lowest BCUT2D eigenvalue weighted by molar-refractivity contribution is 0.0951. The molecule has 0 atom stereocenters. The van der Waals surface area contributed by atoms with Gasteiger partial charge in [0.2, 0.25) is 0 Å². The fourth-order valence-corrected chi connectivity index (χ4v) is 3.31. The lowest BCUT2D eigenvalue weighted by Gasteiger charge is -2.06. The van der Waals surface area contributed by atoms with Crippen molar-refractivity contribution < 1.29 is 14.3 Å². The molecule has 0 bridgehead atoms. The molecule has 0 saturated carbocycles. The van der Waals surface area contributed by atoms with Gasteiger partial charge in [0.05, 0.1) is 18.5 Å². The number of aliphatic hydroxyl groups is 1. The quantitative estimate of drug-likeness (QED) is 0.426. The molecule has 7 heteroatoms. The van der Waals surface area contributed by atoms with Crippen LogP contribution >= 0.6 is 22.9 Å². The Kier molecular flexibility index (Phi) is 8.89. The molecule has 2 heterocycles. The lowest BCUT2D eigenvalue weighted by Crippen LogP contribution is -2.12. The molecule has 2 aromatic rings. The minimum absolute atomic E-state index is 0.321. The zero-order valence-corrected chi connectivity index (χ0v) is 16.8. The number of carbonyl (C=O) groups is 1. The summed E-state index contributed by atoms with van der Waals surface area (Å²) in [5, 5.41) is 15.3. The second-order valence-electron chi connectivity index (χ2n) is 5.39. The van der Waals surface area contributed by atoms with Crippen molar-refractivity contribution in [3.8, 4) is 23.3 Å². The van der Waals surface area contributed by atoms with Crippen LogP contribution in [0, 0.1) is 19.8 Å². The van der Waals surface area contributed by atoms with Crippen LogP contribution in [0.3, 0.4) is 0 Å². The number of rotatable bonds is 5. The van der Waals surface area contributed by atoms with Crippen LogP contribution in [-0.2, 0) is 0 Å². The van der Waals surface area contributed by atoms with Gasteiger partial charge in [-0.3, -0.25) is 4.79 Å². The van der Waals surface area contributed by atoms with Crippen molar-refractivity contribution in [2.75, 3.05) is 6.61 Å². The molecular formula is C20H20ClFN2O2S. The number of thiophene rings is 1. The number of allylic oxidation sites excluding steroid dienone is 5. The van der Waals surface area contributed by atoms with Gasteiger partial charge in [0, 0.05) is 21.5 Å². The Balaban J connectivity index is 0.00000176. The Bertz CT molecular complexity index is 902. The van der Waals surface area contributed by atoms with Gasteiger partial charge in [-0.2, -0.15) is 5.10 Å². The van der Waals surface area contributed by atoms with Crippen molar-refractivity contribution in [3.05, 3.63) is 63.6 Å². The molecule has 0 aliphatic rings. The first kappa shape index (κ1) is 22.6. The highest BCUT2D eigenvalue weighted by Gasteiger charge is 2.14. The second-order valence-corrected chi connectivity index (χ2v) is 6.91. The van der Waals surface area contributed by atoms with E-state index >= 15 is 0 Å². The van der Waals surface area contributed by atoms with Gasteiger partial charge < -0.3 is 5.11 Å². The van der Waals surface area contributed by atoms with Crippen molar-refractivity contribution in [3.63, 3.8) is 0 Å². The van der Waals surface area contributed by atoms with Crippen LogP contribution < -0.4 is 0 Å². The van der Waals surface area contributed by atoms with E-state index in [1.165, 1.54) is 10.8 Å². The Hall–Kier alpha value is -2.46. The molecule has 0 unspecified atom stereocenters. The fraction of sp³-hybridized carbons (Fsp3) is 0.200. The Morgan fingerprint density at radius 2 is 2.07 bits per heavy atom. The average molecular weight is 407 g/mol. The van der Waals surface area contributed by atoms with E-state index in [9.17, 15) is 9.18 Å². The summed E-state index contributed by atoms with van der Waals surface area (Å²) in [6.45, 7) is 4.34. The van der Waals surface area contributed by atoms with E-state index in [4.69, 9.17) is 16.7 Å². The van der Waals surface area contributed by atoms with Crippen LogP contribution in [0.15, 0.2) is 57.9 Å². The molecule has 0 amide bonds. The molecule has 1 N–H and O–H groups in total. The van der Waals surface area contributed by atoms with Crippen molar-refractivity contribution in [2.24, 2.45) is 0 Å². The maximum Gasteiger partial charge on any atom is 0.271 e. The van der Waals surface area contributed by atoms with E-state index < -0.39 is 12.4 Å². The standard InChI is InChI=1S/C18H18ClFN2O2S.C2H2/c1-11(15(12(2)19)8-14(20)10-23)7-18(24)22-13(3)16(9-21-22)17-5-4-6-25-17;1-2/h4-9,23H,10H2,1-3H3;1-2H/b11-7+,14-8+,15-12-;. The first-order chi connectivity index (χ1) is 12.8. The van der Waals surface area contributed by atoms with Crippen molar-refractivity contribution in [1.29, 1.82) is 0 Å². The van der Waals surface area contributed by atoms with Gasteiger partial charge >= 0.3 is 0 Å². The van der Waals surface area contributed by atoms with Crippen LogP contribution in [0.4, 0.5) is 4.39 Å². The topological polar surface area (TPSA) is 55.1 Å². The average Bonchev–Trinajstić information content (AvgIpc) is 3.29. The number of aliphatic hydroxyl groups excluding tert-OH is 1. The maximum absolute atomic E-state index is 13.4. The number of terminal acetylenes is 1. The van der Waals surface area contributed by atoms with Crippen LogP contribution in [0.5, 0.6) is 0 Å². The largest absolute Gasteiger partial charge is 0.389 e. The molecule has 0 radical (unpaired) electrons. The fourth-order valence-electron chi connectivity index (χ4n) is 2.32. The molecule has 0 fully saturated rings. The number of carbonyl (C=O) groups excluding carboxylic acids is 1. The third-order valence-electron chi connectivity index (χ3n) is 3.59. The van der Waals surface area contributed by atoms with Gasteiger partial charge in [0.15, 0.2) is 0 Å². The SMILES string of the molecule is C#C.C/C(Cl)=C(\C=C(\F)CO)C(/C)=C/C(=O)n1ncc(-c2cccs2)c1C. The summed E-state index contributed by atoms with van der Waals surface area (Å²) >= 11 is 7.55. The van der Waals surface area contributed by atoms with Crippen LogP contribution in [0.2, 0.25) is 0 Å². The molecule has 0 aliphatic carbocycles. The summed E-state index contributed by atoms with van der Waals surface area (Å²) in [6, 6.07) is 3.90. The van der Waals surface area contributed by atoms with E-state index in [-0.39, 0.29) is 5.91 Å². The number of nitrogens with zero attached hydrogens (tertiary/aromatic N) is 2. The molecular weight excluding hydrogens is 387 g/mol. The summed E-state index contributed by atoms with van der Waals surface area (Å²) in [5.41, 5.74) is 2.45. The molecule has 2 aromatic heterocycles. The molecule has 0 saturated heterocycles. The number of hydrogen-bond donors (Lipinski definition) is 1. The Morgan fingerprint density at radius 3 is 2.59 bits per heavy atom. The van der Waals surface area contributed by atoms with E-state index in [0.717, 1.165) is 22.2 Å². The molecule has 0 aromatic carbocycles. The first-order valence-electron chi connectivity index (χ1n) is 7.83. The zero-order valence-electron chi connectivity index (χ0n) is 15.2. The van der Waals surface area contributed by atoms with E-state index in [1.807, 2.05) is 24.4 Å². The molecule has 4 nitrogen and oxygen atoms in total. The normalized spacial score (nSPS) is 12.9. The van der Waals surface area contributed by atoms with Crippen LogP contribution in [-0.4, -0.2) is 27.4 Å². The first-order valence-corrected chi connectivity index (χ1v) is 9.09. The molecule has 27 heavy (non-hydrogen) atoms. The van der Waals surface area contributed by atoms with Gasteiger partial charge in [0.25, 0.3) is 5.91 Å². The lowest BCUT2D eigenvalue weighted by atomic mass is 10.1. The molecule has 0 aliphatic heterocycles. The summed E-state index contributed by atoms with van der Waals surface area (Å²) in [4.78, 5) is 13.6. The second kappa shape index (κ2) is 10.6. The zero-order chi connectivity index (χ0) is 20.6. The maximum atomic E-state index is 13.4. The van der Waals surface area contributed by atoms with E-state index in [0.29, 0.717) is 16.2 Å². The summed E-state index contributed by atoms with van der Waals surface area (Å²) < 4.78 is 14.7. The number of hydrogen-bond acceptors (Lipinski definition) is 4. The highest BCUT2D eigenvalue weighted by molar-refractivity contribution is 7.13. The third-order valence-corrected chi connectivity index (χ3v) is 4.70. The van der Waals surface area contributed by atoms with Gasteiger partial charge in [-0.25, -0.2) is 9.07 Å². The van der Waals surface area contributed by atoms with Crippen LogP contribution in [0.1, 0.15) is 24.3 Å². The number of halogens is 2. The van der Waals surface area contributed by atoms with Gasteiger partial charge in [-0.05, 0) is 49.4 Å². The Morgan fingerprint density at radius 1 is 1.41 bits per heavy atom. The molecule has 142 valence electrons. The molecule has 0 spiro atoms. The van der Waals surface area contributed by atoms with E-state index in [1.54, 1.807) is 31.4 Å². The smallest absolute Gasteiger partial charge is 0.271 e. The van der Waals surface area contributed by atoms with Crippen molar-refractivity contribution in [2.45, 2.75) is 20.8 Å². The van der Waals surface area contributed by atoms with Crippen molar-refractivity contribution >= 4 is 28.8 Å². The predicted octanol–water partition coefficient (Wildman–Crippen LogP) is 5.11. The summed E-state index contributed by atoms with van der Waals surface area (Å²) in [5.74, 6) is -1.09. The predicted molar refractivity (Wildman–Crippen MR) is 109 cm³/mol. The van der Waals surface area contributed by atoms with Gasteiger partial charge in [-0.15, -0.1) is 24.2 Å². The van der Waals surface area contributed by atoms with Crippen LogP contribution in [0.25, 0.3) is 10.4 Å². The highest BCUT2D eigenvalue weighted by atomic mass is 35.5. The monoisotopic (exact) mass is 406 g/mol. The van der Waals surface area contributed by atoms with Crippen molar-refractivity contribution in [1.82, 2.24) is 9.78 Å². The highest BCUT2D eigenvalue weighted by Crippen LogP contribution is 2.27. The minimum Gasteiger partial charge on any atom is -0.389 e. The summed E-state index contributed by atoms with van der Waals surface area (Å²) in [7, 11) is 0. The van der Waals surface area contributed by atoms with Gasteiger partial charge in [0.1, 0.15) is 5.83 Å². The minimum atomic E-state index is -0.731. The third kappa shape index (κ3) is 5.76. The molecule has 2 rings (SSSR count). The Labute approximate surface area is 167 Å². The van der Waals surface area contributed by atoms with E-state index in [2.05, 4.69) is 17.9 Å².